The Kier molecular flexibility index (Phi) is 7.22. The number of ether oxygens (including phenoxy) is 1. The Hall–Kier alpha value is -0.890. The minimum absolute atomic E-state index is 0.0611. The number of hydrogen-bond acceptors (Lipinski definition) is 4. The molecule has 2 N–H and O–H groups in total. The van der Waals surface area contributed by atoms with Gasteiger partial charge < -0.3 is 9.72 Å². The first-order valence-corrected chi connectivity index (χ1v) is 8.29. The van der Waals surface area contributed by atoms with Crippen molar-refractivity contribution in [1.82, 2.24) is 9.71 Å². The summed E-state index contributed by atoms with van der Waals surface area (Å²) in [5, 5.41) is -0.157. The quantitative estimate of drug-likeness (QED) is 0.675. The van der Waals surface area contributed by atoms with Crippen molar-refractivity contribution in [3.8, 4) is 0 Å². The van der Waals surface area contributed by atoms with E-state index in [1.807, 2.05) is 0 Å². The van der Waals surface area contributed by atoms with Crippen molar-refractivity contribution in [1.29, 1.82) is 0 Å². The third kappa shape index (κ3) is 5.62. The number of unbranched alkanes of at least 4 members (excludes halogenated alkanes) is 1. The predicted octanol–water partition coefficient (Wildman–Crippen LogP) is 1.51. The molecule has 6 nitrogen and oxygen atoms in total. The van der Waals surface area contributed by atoms with Crippen LogP contribution >= 0.6 is 11.6 Å². The van der Waals surface area contributed by atoms with Crippen LogP contribution in [-0.4, -0.2) is 33.2 Å². The van der Waals surface area contributed by atoms with Crippen LogP contribution in [0.2, 0.25) is 5.02 Å². The zero-order chi connectivity index (χ0) is 15.0. The average Bonchev–Trinajstić information content (AvgIpc) is 2.40. The molecule has 20 heavy (non-hydrogen) atoms. The molecule has 0 unspecified atom stereocenters. The number of sulfonamides is 1. The molecule has 8 heteroatoms. The number of H-pyrrole nitrogens is 1. The van der Waals surface area contributed by atoms with Crippen LogP contribution in [0.1, 0.15) is 26.2 Å². The number of aromatic nitrogens is 1. The highest BCUT2D eigenvalue weighted by molar-refractivity contribution is 7.89. The summed E-state index contributed by atoms with van der Waals surface area (Å²) in [6, 6.07) is 1.13. The van der Waals surface area contributed by atoms with Gasteiger partial charge in [-0.05, 0) is 18.9 Å². The van der Waals surface area contributed by atoms with Gasteiger partial charge in [-0.2, -0.15) is 0 Å². The Balaban J connectivity index is 2.42. The standard InChI is InChI=1S/C12H19ClN2O4S/c1-2-3-6-19-7-4-5-15-20(17,18)10-8-11(13)12(16)14-9-10/h8-9,15H,2-7H2,1H3,(H,14,16). The molecule has 1 heterocycles. The number of rotatable bonds is 9. The molecule has 0 spiro atoms. The molecule has 1 aromatic rings. The first kappa shape index (κ1) is 17.2. The fourth-order valence-corrected chi connectivity index (χ4v) is 2.71. The zero-order valence-corrected chi connectivity index (χ0v) is 12.9. The summed E-state index contributed by atoms with van der Waals surface area (Å²) in [5.41, 5.74) is -0.519. The number of nitrogens with one attached hydrogen (secondary N) is 2. The van der Waals surface area contributed by atoms with Gasteiger partial charge in [-0.3, -0.25) is 4.79 Å². The predicted molar refractivity (Wildman–Crippen MR) is 77.6 cm³/mol. The van der Waals surface area contributed by atoms with Gasteiger partial charge in [0.2, 0.25) is 10.0 Å². The molecule has 0 aliphatic heterocycles. The van der Waals surface area contributed by atoms with Gasteiger partial charge >= 0.3 is 0 Å². The minimum atomic E-state index is -3.66. The third-order valence-electron chi connectivity index (χ3n) is 2.54. The average molecular weight is 323 g/mol. The number of aromatic amines is 1. The highest BCUT2D eigenvalue weighted by Gasteiger charge is 2.14. The Morgan fingerprint density at radius 3 is 2.70 bits per heavy atom. The van der Waals surface area contributed by atoms with E-state index in [0.29, 0.717) is 19.6 Å². The summed E-state index contributed by atoms with van der Waals surface area (Å²) in [6.07, 6.45) is 3.77. The van der Waals surface area contributed by atoms with Crippen LogP contribution in [-0.2, 0) is 14.8 Å². The smallest absolute Gasteiger partial charge is 0.266 e. The van der Waals surface area contributed by atoms with Gasteiger partial charge in [-0.1, -0.05) is 24.9 Å². The molecular formula is C12H19ClN2O4S. The van der Waals surface area contributed by atoms with Gasteiger partial charge in [0, 0.05) is 26.0 Å². The van der Waals surface area contributed by atoms with Crippen molar-refractivity contribution in [2.75, 3.05) is 19.8 Å². The van der Waals surface area contributed by atoms with Crippen molar-refractivity contribution in [2.24, 2.45) is 0 Å². The van der Waals surface area contributed by atoms with E-state index in [1.165, 1.54) is 0 Å². The van der Waals surface area contributed by atoms with E-state index in [2.05, 4.69) is 16.6 Å². The van der Waals surface area contributed by atoms with Crippen molar-refractivity contribution in [2.45, 2.75) is 31.1 Å². The molecule has 0 aromatic carbocycles. The Morgan fingerprint density at radius 2 is 2.05 bits per heavy atom. The summed E-state index contributed by atoms with van der Waals surface area (Å²) >= 11 is 5.60. The fraction of sp³-hybridized carbons (Fsp3) is 0.583. The SMILES string of the molecule is CCCCOCCCNS(=O)(=O)c1c[nH]c(=O)c(Cl)c1. The summed E-state index contributed by atoms with van der Waals surface area (Å²) in [7, 11) is -3.66. The maximum absolute atomic E-state index is 11.9. The monoisotopic (exact) mass is 322 g/mol. The minimum Gasteiger partial charge on any atom is -0.381 e. The van der Waals surface area contributed by atoms with E-state index in [0.717, 1.165) is 25.1 Å². The number of halogens is 1. The lowest BCUT2D eigenvalue weighted by Crippen LogP contribution is -2.26. The second kappa shape index (κ2) is 8.41. The molecule has 0 saturated heterocycles. The molecule has 0 saturated carbocycles. The molecule has 0 aliphatic rings. The topological polar surface area (TPSA) is 88.3 Å². The van der Waals surface area contributed by atoms with E-state index in [4.69, 9.17) is 16.3 Å². The fourth-order valence-electron chi connectivity index (χ4n) is 1.41. The summed E-state index contributed by atoms with van der Waals surface area (Å²) in [4.78, 5) is 13.3. The van der Waals surface area contributed by atoms with Crippen LogP contribution in [0.5, 0.6) is 0 Å². The second-order valence-corrected chi connectivity index (χ2v) is 6.40. The van der Waals surface area contributed by atoms with Gasteiger partial charge in [-0.15, -0.1) is 0 Å². The number of hydrogen-bond donors (Lipinski definition) is 2. The molecule has 114 valence electrons. The van der Waals surface area contributed by atoms with Crippen LogP contribution in [0.15, 0.2) is 22.0 Å². The first-order valence-electron chi connectivity index (χ1n) is 6.43. The van der Waals surface area contributed by atoms with Crippen LogP contribution in [0.25, 0.3) is 0 Å². The maximum Gasteiger partial charge on any atom is 0.266 e. The van der Waals surface area contributed by atoms with Crippen molar-refractivity contribution < 1.29 is 13.2 Å². The largest absolute Gasteiger partial charge is 0.381 e. The Bertz CT molecular complexity index is 571. The van der Waals surface area contributed by atoms with Crippen LogP contribution in [0.3, 0.4) is 0 Å². The molecule has 1 rings (SSSR count). The highest BCUT2D eigenvalue weighted by atomic mass is 35.5. The molecule has 0 atom stereocenters. The van der Waals surface area contributed by atoms with Gasteiger partial charge in [-0.25, -0.2) is 13.1 Å². The Labute approximate surface area is 123 Å². The molecule has 0 bridgehead atoms. The molecule has 0 fully saturated rings. The van der Waals surface area contributed by atoms with Crippen molar-refractivity contribution in [3.05, 3.63) is 27.6 Å². The van der Waals surface area contributed by atoms with E-state index >= 15 is 0 Å². The van der Waals surface area contributed by atoms with E-state index in [-0.39, 0.29) is 16.5 Å². The van der Waals surface area contributed by atoms with Crippen molar-refractivity contribution in [3.63, 3.8) is 0 Å². The van der Waals surface area contributed by atoms with Crippen molar-refractivity contribution >= 4 is 21.6 Å². The van der Waals surface area contributed by atoms with E-state index < -0.39 is 15.6 Å². The highest BCUT2D eigenvalue weighted by Crippen LogP contribution is 2.10. The van der Waals surface area contributed by atoms with Crippen LogP contribution < -0.4 is 10.3 Å². The van der Waals surface area contributed by atoms with Crippen LogP contribution in [0.4, 0.5) is 0 Å². The normalized spacial score (nSPS) is 11.7. The number of pyridine rings is 1. The van der Waals surface area contributed by atoms with E-state index in [9.17, 15) is 13.2 Å². The summed E-state index contributed by atoms with van der Waals surface area (Å²) < 4.78 is 31.5. The molecule has 0 radical (unpaired) electrons. The molecule has 0 amide bonds. The van der Waals surface area contributed by atoms with Gasteiger partial charge in [0.25, 0.3) is 5.56 Å². The van der Waals surface area contributed by atoms with Gasteiger partial charge in [0.15, 0.2) is 0 Å². The second-order valence-electron chi connectivity index (χ2n) is 4.23. The lowest BCUT2D eigenvalue weighted by Gasteiger charge is -2.07. The molecular weight excluding hydrogens is 304 g/mol. The molecule has 0 aliphatic carbocycles. The lowest BCUT2D eigenvalue weighted by molar-refractivity contribution is 0.130. The maximum atomic E-state index is 11.9. The van der Waals surface area contributed by atoms with Gasteiger partial charge in [0.1, 0.15) is 5.02 Å². The summed E-state index contributed by atoms with van der Waals surface area (Å²) in [6.45, 7) is 3.55. The lowest BCUT2D eigenvalue weighted by atomic mass is 10.4. The first-order chi connectivity index (χ1) is 9.47. The summed E-state index contributed by atoms with van der Waals surface area (Å²) in [5.74, 6) is 0. The van der Waals surface area contributed by atoms with E-state index in [1.54, 1.807) is 0 Å². The molecule has 1 aromatic heterocycles. The van der Waals surface area contributed by atoms with Gasteiger partial charge in [0.05, 0.1) is 4.90 Å². The zero-order valence-electron chi connectivity index (χ0n) is 11.3. The Morgan fingerprint density at radius 1 is 1.35 bits per heavy atom. The third-order valence-corrected chi connectivity index (χ3v) is 4.26. The van der Waals surface area contributed by atoms with Crippen LogP contribution in [0, 0.1) is 0 Å².